The SMILES string of the molecule is CNCc1ncc(-c2ccccc2)s1. The van der Waals surface area contributed by atoms with Crippen molar-refractivity contribution in [3.63, 3.8) is 0 Å². The second kappa shape index (κ2) is 4.35. The molecule has 2 rings (SSSR count). The van der Waals surface area contributed by atoms with Crippen molar-refractivity contribution in [3.8, 4) is 10.4 Å². The van der Waals surface area contributed by atoms with Crippen molar-refractivity contribution >= 4 is 11.3 Å². The molecule has 72 valence electrons. The van der Waals surface area contributed by atoms with Gasteiger partial charge in [-0.3, -0.25) is 0 Å². The molecule has 0 fully saturated rings. The zero-order valence-electron chi connectivity index (χ0n) is 8.03. The summed E-state index contributed by atoms with van der Waals surface area (Å²) >= 11 is 1.74. The molecule has 1 heterocycles. The Morgan fingerprint density at radius 3 is 2.79 bits per heavy atom. The summed E-state index contributed by atoms with van der Waals surface area (Å²) in [5.74, 6) is 0. The summed E-state index contributed by atoms with van der Waals surface area (Å²) in [5.41, 5.74) is 1.24. The predicted octanol–water partition coefficient (Wildman–Crippen LogP) is 2.53. The minimum Gasteiger partial charge on any atom is -0.314 e. The average molecular weight is 204 g/mol. The first-order valence-corrected chi connectivity index (χ1v) is 5.36. The smallest absolute Gasteiger partial charge is 0.107 e. The van der Waals surface area contributed by atoms with Crippen molar-refractivity contribution < 1.29 is 0 Å². The maximum Gasteiger partial charge on any atom is 0.107 e. The average Bonchev–Trinajstić information content (AvgIpc) is 2.68. The van der Waals surface area contributed by atoms with Gasteiger partial charge in [0.15, 0.2) is 0 Å². The topological polar surface area (TPSA) is 24.9 Å². The molecule has 2 aromatic rings. The first-order chi connectivity index (χ1) is 6.90. The quantitative estimate of drug-likeness (QED) is 0.831. The molecule has 1 aromatic carbocycles. The molecule has 0 saturated heterocycles. The van der Waals surface area contributed by atoms with E-state index in [0.29, 0.717) is 0 Å². The van der Waals surface area contributed by atoms with E-state index in [1.165, 1.54) is 10.4 Å². The fourth-order valence-corrected chi connectivity index (χ4v) is 2.21. The first-order valence-electron chi connectivity index (χ1n) is 4.55. The van der Waals surface area contributed by atoms with Crippen LogP contribution in [-0.4, -0.2) is 12.0 Å². The van der Waals surface area contributed by atoms with Crippen LogP contribution in [0.4, 0.5) is 0 Å². The summed E-state index contributed by atoms with van der Waals surface area (Å²) in [5, 5.41) is 4.23. The highest BCUT2D eigenvalue weighted by molar-refractivity contribution is 7.15. The summed E-state index contributed by atoms with van der Waals surface area (Å²) in [6.07, 6.45) is 1.94. The van der Waals surface area contributed by atoms with Crippen LogP contribution in [0, 0.1) is 0 Å². The molecule has 0 spiro atoms. The van der Waals surface area contributed by atoms with E-state index in [-0.39, 0.29) is 0 Å². The van der Waals surface area contributed by atoms with E-state index in [0.717, 1.165) is 11.6 Å². The molecule has 0 atom stereocenters. The second-order valence-electron chi connectivity index (χ2n) is 3.01. The lowest BCUT2D eigenvalue weighted by Gasteiger charge is -1.93. The van der Waals surface area contributed by atoms with E-state index in [4.69, 9.17) is 0 Å². The maximum atomic E-state index is 4.34. The van der Waals surface area contributed by atoms with E-state index < -0.39 is 0 Å². The Bertz CT molecular complexity index is 395. The highest BCUT2D eigenvalue weighted by Gasteiger charge is 2.02. The van der Waals surface area contributed by atoms with Gasteiger partial charge in [0, 0.05) is 12.7 Å². The lowest BCUT2D eigenvalue weighted by Crippen LogP contribution is -2.03. The van der Waals surface area contributed by atoms with Crippen LogP contribution < -0.4 is 5.32 Å². The van der Waals surface area contributed by atoms with Gasteiger partial charge in [-0.25, -0.2) is 4.98 Å². The number of rotatable bonds is 3. The van der Waals surface area contributed by atoms with Crippen LogP contribution in [-0.2, 0) is 6.54 Å². The lowest BCUT2D eigenvalue weighted by molar-refractivity contribution is 0.810. The molecule has 2 nitrogen and oxygen atoms in total. The number of benzene rings is 1. The maximum absolute atomic E-state index is 4.34. The van der Waals surface area contributed by atoms with Crippen molar-refractivity contribution in [2.24, 2.45) is 0 Å². The van der Waals surface area contributed by atoms with Crippen LogP contribution in [0.15, 0.2) is 36.5 Å². The third-order valence-corrected chi connectivity index (χ3v) is 2.99. The minimum absolute atomic E-state index is 0.845. The summed E-state index contributed by atoms with van der Waals surface area (Å²) in [6.45, 7) is 0.845. The molecule has 0 aliphatic carbocycles. The molecule has 0 unspecified atom stereocenters. The molecule has 0 aliphatic rings. The molecule has 0 amide bonds. The van der Waals surface area contributed by atoms with Crippen molar-refractivity contribution in [1.29, 1.82) is 0 Å². The molecule has 1 aromatic heterocycles. The van der Waals surface area contributed by atoms with Crippen molar-refractivity contribution in [3.05, 3.63) is 41.5 Å². The van der Waals surface area contributed by atoms with Gasteiger partial charge in [0.2, 0.25) is 0 Å². The Balaban J connectivity index is 2.25. The van der Waals surface area contributed by atoms with Crippen molar-refractivity contribution in [1.82, 2.24) is 10.3 Å². The van der Waals surface area contributed by atoms with Gasteiger partial charge in [-0.05, 0) is 12.6 Å². The Morgan fingerprint density at radius 1 is 1.29 bits per heavy atom. The Labute approximate surface area is 87.6 Å². The number of hydrogen-bond acceptors (Lipinski definition) is 3. The third kappa shape index (κ3) is 2.00. The molecular weight excluding hydrogens is 192 g/mol. The van der Waals surface area contributed by atoms with Crippen LogP contribution >= 0.6 is 11.3 Å². The normalized spacial score (nSPS) is 10.4. The van der Waals surface area contributed by atoms with Gasteiger partial charge in [-0.15, -0.1) is 11.3 Å². The second-order valence-corrected chi connectivity index (χ2v) is 4.13. The number of hydrogen-bond donors (Lipinski definition) is 1. The molecule has 0 aliphatic heterocycles. The van der Waals surface area contributed by atoms with Crippen molar-refractivity contribution in [2.45, 2.75) is 6.54 Å². The molecule has 3 heteroatoms. The summed E-state index contributed by atoms with van der Waals surface area (Å²) < 4.78 is 0. The fourth-order valence-electron chi connectivity index (χ4n) is 1.28. The van der Waals surface area contributed by atoms with Gasteiger partial charge >= 0.3 is 0 Å². The van der Waals surface area contributed by atoms with E-state index in [1.54, 1.807) is 11.3 Å². The first kappa shape index (κ1) is 9.37. The summed E-state index contributed by atoms with van der Waals surface area (Å²) in [6, 6.07) is 10.3. The third-order valence-electron chi connectivity index (χ3n) is 1.94. The Kier molecular flexibility index (Phi) is 2.91. The van der Waals surface area contributed by atoms with E-state index in [2.05, 4.69) is 22.4 Å². The van der Waals surface area contributed by atoms with E-state index in [1.807, 2.05) is 31.4 Å². The number of aromatic nitrogens is 1. The number of nitrogens with zero attached hydrogens (tertiary/aromatic N) is 1. The van der Waals surface area contributed by atoms with Gasteiger partial charge in [0.1, 0.15) is 5.01 Å². The largest absolute Gasteiger partial charge is 0.314 e. The standard InChI is InChI=1S/C11H12N2S/c1-12-8-11-13-7-10(14-11)9-5-3-2-4-6-9/h2-7,12H,8H2,1H3. The molecule has 14 heavy (non-hydrogen) atoms. The highest BCUT2D eigenvalue weighted by Crippen LogP contribution is 2.25. The molecule has 0 saturated carbocycles. The van der Waals surface area contributed by atoms with Crippen LogP contribution in [0.5, 0.6) is 0 Å². The number of nitrogens with one attached hydrogen (secondary N) is 1. The van der Waals surface area contributed by atoms with Crippen molar-refractivity contribution in [2.75, 3.05) is 7.05 Å². The highest BCUT2D eigenvalue weighted by atomic mass is 32.1. The molecule has 0 radical (unpaired) electrons. The Morgan fingerprint density at radius 2 is 2.07 bits per heavy atom. The Hall–Kier alpha value is -1.19. The van der Waals surface area contributed by atoms with Crippen LogP contribution in [0.3, 0.4) is 0 Å². The van der Waals surface area contributed by atoms with Crippen LogP contribution in [0.25, 0.3) is 10.4 Å². The molecule has 0 bridgehead atoms. The molecular formula is C11H12N2S. The van der Waals surface area contributed by atoms with E-state index >= 15 is 0 Å². The van der Waals surface area contributed by atoms with Gasteiger partial charge in [0.25, 0.3) is 0 Å². The fraction of sp³-hybridized carbons (Fsp3) is 0.182. The monoisotopic (exact) mass is 204 g/mol. The van der Waals surface area contributed by atoms with Gasteiger partial charge in [0.05, 0.1) is 4.88 Å². The van der Waals surface area contributed by atoms with Crippen LogP contribution in [0.1, 0.15) is 5.01 Å². The van der Waals surface area contributed by atoms with Gasteiger partial charge < -0.3 is 5.32 Å². The molecule has 1 N–H and O–H groups in total. The predicted molar refractivity (Wildman–Crippen MR) is 60.3 cm³/mol. The van der Waals surface area contributed by atoms with Crippen LogP contribution in [0.2, 0.25) is 0 Å². The van der Waals surface area contributed by atoms with E-state index in [9.17, 15) is 0 Å². The van der Waals surface area contributed by atoms with Gasteiger partial charge in [-0.2, -0.15) is 0 Å². The zero-order valence-corrected chi connectivity index (χ0v) is 8.84. The lowest BCUT2D eigenvalue weighted by atomic mass is 10.2. The summed E-state index contributed by atoms with van der Waals surface area (Å²) in [7, 11) is 1.93. The zero-order chi connectivity index (χ0) is 9.80. The number of thiazole rings is 1. The minimum atomic E-state index is 0.845. The van der Waals surface area contributed by atoms with Gasteiger partial charge in [-0.1, -0.05) is 30.3 Å². The summed E-state index contributed by atoms with van der Waals surface area (Å²) in [4.78, 5) is 5.57.